The second-order valence-electron chi connectivity index (χ2n) is 12.6. The molecule has 3 fully saturated rings. The predicted octanol–water partition coefficient (Wildman–Crippen LogP) is 7.38. The van der Waals surface area contributed by atoms with Crippen LogP contribution in [0.3, 0.4) is 0 Å². The van der Waals surface area contributed by atoms with E-state index in [4.69, 9.17) is 4.74 Å². The fourth-order valence-corrected chi connectivity index (χ4v) is 7.43. The molecule has 0 amide bonds. The highest BCUT2D eigenvalue weighted by atomic mass is 19.1. The van der Waals surface area contributed by atoms with E-state index in [1.54, 1.807) is 13.2 Å². The van der Waals surface area contributed by atoms with Gasteiger partial charge in [-0.3, -0.25) is 0 Å². The molecular formula is C36H48FN3O3. The summed E-state index contributed by atoms with van der Waals surface area (Å²) >= 11 is 0. The van der Waals surface area contributed by atoms with Gasteiger partial charge in [0.05, 0.1) is 25.4 Å². The molecule has 7 heteroatoms. The number of hydrogen-bond acceptors (Lipinski definition) is 6. The molecule has 2 aliphatic heterocycles. The summed E-state index contributed by atoms with van der Waals surface area (Å²) in [4.78, 5) is 4.39. The molecule has 5 rings (SSSR count). The summed E-state index contributed by atoms with van der Waals surface area (Å²) in [7, 11) is 1.72. The van der Waals surface area contributed by atoms with Crippen molar-refractivity contribution in [1.82, 2.24) is 10.2 Å². The molecule has 1 aliphatic carbocycles. The van der Waals surface area contributed by atoms with Gasteiger partial charge in [0.25, 0.3) is 0 Å². The molecule has 3 aliphatic rings. The lowest BCUT2D eigenvalue weighted by molar-refractivity contribution is 0.0788. The average Bonchev–Trinajstić information content (AvgIpc) is 3.39. The Bertz CT molecular complexity index is 1360. The van der Waals surface area contributed by atoms with Crippen LogP contribution in [-0.4, -0.2) is 48.5 Å². The zero-order valence-corrected chi connectivity index (χ0v) is 26.2. The Kier molecular flexibility index (Phi) is 9.52. The fraction of sp³-hybridized carbons (Fsp3) is 0.500. The molecule has 4 atom stereocenters. The van der Waals surface area contributed by atoms with Gasteiger partial charge in [-0.2, -0.15) is 0 Å². The van der Waals surface area contributed by atoms with Crippen molar-refractivity contribution in [2.24, 2.45) is 11.3 Å². The first-order chi connectivity index (χ1) is 20.8. The van der Waals surface area contributed by atoms with E-state index >= 15 is 0 Å². The lowest BCUT2D eigenvalue weighted by atomic mass is 9.64. The van der Waals surface area contributed by atoms with Crippen LogP contribution in [-0.2, 0) is 0 Å². The third-order valence-corrected chi connectivity index (χ3v) is 10.2. The van der Waals surface area contributed by atoms with Crippen LogP contribution >= 0.6 is 0 Å². The molecule has 2 heterocycles. The van der Waals surface area contributed by atoms with Gasteiger partial charge in [-0.1, -0.05) is 37.6 Å². The van der Waals surface area contributed by atoms with Crippen LogP contribution in [0.4, 0.5) is 10.1 Å². The van der Waals surface area contributed by atoms with Gasteiger partial charge in [0.15, 0.2) is 0 Å². The van der Waals surface area contributed by atoms with Gasteiger partial charge in [-0.15, -0.1) is 0 Å². The number of rotatable bonds is 10. The van der Waals surface area contributed by atoms with Crippen LogP contribution in [0.1, 0.15) is 82.4 Å². The second-order valence-corrected chi connectivity index (χ2v) is 12.6. The first-order valence-electron chi connectivity index (χ1n) is 15.8. The number of methoxy groups -OCH3 is 1. The number of aliphatic hydroxyl groups is 1. The molecule has 2 saturated heterocycles. The number of aromatic hydroxyl groups is 1. The van der Waals surface area contributed by atoms with E-state index in [9.17, 15) is 14.6 Å². The van der Waals surface area contributed by atoms with Gasteiger partial charge < -0.3 is 30.1 Å². The topological polar surface area (TPSA) is 68.2 Å². The van der Waals surface area contributed by atoms with Crippen LogP contribution < -0.4 is 15.0 Å². The van der Waals surface area contributed by atoms with Gasteiger partial charge in [0, 0.05) is 55.1 Å². The summed E-state index contributed by atoms with van der Waals surface area (Å²) in [6.45, 7) is 13.0. The molecule has 43 heavy (non-hydrogen) atoms. The highest BCUT2D eigenvalue weighted by molar-refractivity contribution is 5.64. The molecule has 0 radical (unpaired) electrons. The van der Waals surface area contributed by atoms with Crippen molar-refractivity contribution < 1.29 is 19.3 Å². The van der Waals surface area contributed by atoms with Gasteiger partial charge in [-0.05, 0) is 86.8 Å². The van der Waals surface area contributed by atoms with Crippen molar-refractivity contribution in [2.75, 3.05) is 38.3 Å². The Morgan fingerprint density at radius 3 is 2.67 bits per heavy atom. The number of allylic oxidation sites excluding steroid dienone is 2. The standard InChI is InChI=1S/C36H48FN3O3/c1-6-24(3)25(4)21-39(7-2)32-13-12-27(18-34(32)43-5)31-20-38-23-36(31)14-9-15-40(35(36)26-10-8-11-26)33(22-41)28-16-29(37)19-30(42)17-28/h7,12-13,16-19,21,24,31,33,38,41-42H,2,6,8-11,14-15,20,22-23H2,1,3-5H3/b25-21-. The van der Waals surface area contributed by atoms with E-state index in [1.165, 1.54) is 28.5 Å². The minimum absolute atomic E-state index is 0.117. The SMILES string of the molecule is C=CN(/C=C(/C)C(C)CC)c1ccc(C2CNCC23CCCN(C(CO)c2cc(O)cc(F)c2)C3=C2CCC2)cc1OC. The predicted molar refractivity (Wildman–Crippen MR) is 172 cm³/mol. The Hall–Kier alpha value is -3.29. The third-order valence-electron chi connectivity index (χ3n) is 10.2. The molecule has 4 unspecified atom stereocenters. The fourth-order valence-electron chi connectivity index (χ4n) is 7.43. The van der Waals surface area contributed by atoms with Crippen LogP contribution in [0.5, 0.6) is 11.5 Å². The minimum atomic E-state index is -0.492. The van der Waals surface area contributed by atoms with E-state index in [-0.39, 0.29) is 23.7 Å². The minimum Gasteiger partial charge on any atom is -0.508 e. The van der Waals surface area contributed by atoms with Crippen LogP contribution in [0.25, 0.3) is 0 Å². The lowest BCUT2D eigenvalue weighted by Crippen LogP contribution is -2.48. The molecule has 1 saturated carbocycles. The summed E-state index contributed by atoms with van der Waals surface area (Å²) < 4.78 is 20.4. The first-order valence-corrected chi connectivity index (χ1v) is 15.8. The number of likely N-dealkylation sites (tertiary alicyclic amines) is 1. The highest BCUT2D eigenvalue weighted by Gasteiger charge is 2.52. The smallest absolute Gasteiger partial charge is 0.143 e. The van der Waals surface area contributed by atoms with Crippen molar-refractivity contribution in [3.63, 3.8) is 0 Å². The summed E-state index contributed by atoms with van der Waals surface area (Å²) in [5.41, 5.74) is 6.67. The number of halogens is 1. The number of piperidine rings is 1. The molecule has 3 N–H and O–H groups in total. The summed E-state index contributed by atoms with van der Waals surface area (Å²) in [6, 6.07) is 10.3. The number of benzene rings is 2. The molecule has 232 valence electrons. The molecule has 6 nitrogen and oxygen atoms in total. The Labute approximate surface area is 256 Å². The van der Waals surface area contributed by atoms with Crippen LogP contribution in [0, 0.1) is 17.2 Å². The Balaban J connectivity index is 1.55. The van der Waals surface area contributed by atoms with Crippen LogP contribution in [0.15, 0.2) is 72.2 Å². The number of aliphatic hydroxyl groups excluding tert-OH is 1. The van der Waals surface area contributed by atoms with E-state index in [1.807, 2.05) is 6.20 Å². The van der Waals surface area contributed by atoms with E-state index in [2.05, 4.69) is 66.9 Å². The van der Waals surface area contributed by atoms with Crippen LogP contribution in [0.2, 0.25) is 0 Å². The second kappa shape index (κ2) is 13.1. The average molecular weight is 590 g/mol. The van der Waals surface area contributed by atoms with Crippen molar-refractivity contribution in [3.05, 3.63) is 89.2 Å². The van der Waals surface area contributed by atoms with Crippen molar-refractivity contribution in [2.45, 2.75) is 71.3 Å². The number of ether oxygens (including phenoxy) is 1. The van der Waals surface area contributed by atoms with Gasteiger partial charge in [0.2, 0.25) is 0 Å². The Morgan fingerprint density at radius 2 is 2.05 bits per heavy atom. The molecule has 1 spiro atoms. The number of anilines is 1. The highest BCUT2D eigenvalue weighted by Crippen LogP contribution is 2.56. The van der Waals surface area contributed by atoms with Crippen molar-refractivity contribution in [1.29, 1.82) is 0 Å². The zero-order chi connectivity index (χ0) is 30.7. The number of nitrogens with one attached hydrogen (secondary N) is 1. The van der Waals surface area contributed by atoms with Gasteiger partial charge in [-0.25, -0.2) is 4.39 Å². The van der Waals surface area contributed by atoms with Gasteiger partial charge >= 0.3 is 0 Å². The summed E-state index contributed by atoms with van der Waals surface area (Å²) in [6.07, 6.45) is 10.3. The first kappa shape index (κ1) is 31.1. The summed E-state index contributed by atoms with van der Waals surface area (Å²) in [5.74, 6) is 0.878. The number of phenols is 1. The quantitative estimate of drug-likeness (QED) is 0.269. The molecule has 0 aromatic heterocycles. The van der Waals surface area contributed by atoms with E-state index in [0.29, 0.717) is 11.5 Å². The molecule has 2 aromatic carbocycles. The van der Waals surface area contributed by atoms with Gasteiger partial charge in [0.1, 0.15) is 17.3 Å². The molecule has 2 aromatic rings. The molecule has 0 bridgehead atoms. The monoisotopic (exact) mass is 589 g/mol. The largest absolute Gasteiger partial charge is 0.508 e. The summed E-state index contributed by atoms with van der Waals surface area (Å²) in [5, 5.41) is 24.6. The Morgan fingerprint density at radius 1 is 1.26 bits per heavy atom. The maximum absolute atomic E-state index is 14.4. The zero-order valence-electron chi connectivity index (χ0n) is 26.2. The maximum atomic E-state index is 14.4. The maximum Gasteiger partial charge on any atom is 0.143 e. The van der Waals surface area contributed by atoms with Crippen molar-refractivity contribution >= 4 is 5.69 Å². The number of nitrogens with zero attached hydrogens (tertiary/aromatic N) is 2. The number of phenolic OH excluding ortho intramolecular Hbond substituents is 1. The number of hydrogen-bond donors (Lipinski definition) is 3. The molecular weight excluding hydrogens is 541 g/mol. The van der Waals surface area contributed by atoms with E-state index in [0.717, 1.165) is 75.7 Å². The van der Waals surface area contributed by atoms with Crippen molar-refractivity contribution in [3.8, 4) is 11.5 Å². The third kappa shape index (κ3) is 5.94. The normalized spacial score (nSPS) is 23.7. The lowest BCUT2D eigenvalue weighted by Gasteiger charge is -2.52. The van der Waals surface area contributed by atoms with E-state index < -0.39 is 11.9 Å².